The first-order valence-electron chi connectivity index (χ1n) is 9.51. The zero-order valence-corrected chi connectivity index (χ0v) is 16.3. The topological polar surface area (TPSA) is 76.7 Å². The van der Waals surface area contributed by atoms with Gasteiger partial charge in [0.25, 0.3) is 11.8 Å². The van der Waals surface area contributed by atoms with E-state index in [2.05, 4.69) is 10.6 Å². The van der Waals surface area contributed by atoms with Crippen LogP contribution in [0.1, 0.15) is 34.3 Å². The maximum absolute atomic E-state index is 12.2. The summed E-state index contributed by atoms with van der Waals surface area (Å²) in [5.41, 5.74) is 3.30. The third-order valence-corrected chi connectivity index (χ3v) is 4.63. The fraction of sp³-hybridized carbons (Fsp3) is 0.364. The van der Waals surface area contributed by atoms with Crippen LogP contribution in [0.4, 0.5) is 5.69 Å². The minimum atomic E-state index is -0.254. The van der Waals surface area contributed by atoms with Crippen molar-refractivity contribution >= 4 is 17.5 Å². The Labute approximate surface area is 165 Å². The van der Waals surface area contributed by atoms with Gasteiger partial charge in [-0.1, -0.05) is 17.7 Å². The number of rotatable bonds is 7. The van der Waals surface area contributed by atoms with Gasteiger partial charge in [0, 0.05) is 24.4 Å². The fourth-order valence-electron chi connectivity index (χ4n) is 3.12. The predicted octanol–water partition coefficient (Wildman–Crippen LogP) is 3.23. The van der Waals surface area contributed by atoms with Crippen LogP contribution in [0.5, 0.6) is 5.75 Å². The van der Waals surface area contributed by atoms with Gasteiger partial charge < -0.3 is 20.1 Å². The summed E-state index contributed by atoms with van der Waals surface area (Å²) in [5, 5.41) is 5.65. The predicted molar refractivity (Wildman–Crippen MR) is 108 cm³/mol. The maximum Gasteiger partial charge on any atom is 0.262 e. The molecule has 0 spiro atoms. The van der Waals surface area contributed by atoms with Crippen molar-refractivity contribution in [3.8, 4) is 5.75 Å². The first-order valence-corrected chi connectivity index (χ1v) is 9.51. The number of ether oxygens (including phenoxy) is 2. The van der Waals surface area contributed by atoms with Crippen molar-refractivity contribution in [2.45, 2.75) is 32.8 Å². The number of nitrogens with one attached hydrogen (secondary N) is 2. The van der Waals surface area contributed by atoms with Crippen molar-refractivity contribution in [2.75, 3.05) is 25.1 Å². The summed E-state index contributed by atoms with van der Waals surface area (Å²) < 4.78 is 11.1. The fourth-order valence-corrected chi connectivity index (χ4v) is 3.12. The lowest BCUT2D eigenvalue weighted by atomic mass is 10.1. The van der Waals surface area contributed by atoms with Crippen molar-refractivity contribution in [3.05, 3.63) is 59.2 Å². The van der Waals surface area contributed by atoms with E-state index in [-0.39, 0.29) is 24.5 Å². The van der Waals surface area contributed by atoms with Crippen LogP contribution in [0, 0.1) is 13.8 Å². The standard InChI is InChI=1S/C22H26N2O4/c1-15-5-10-20(16(2)12-15)28-14-21(25)24-18-8-6-17(7-9-18)22(26)23-13-19-4-3-11-27-19/h5-10,12,19H,3-4,11,13-14H2,1-2H3,(H,23,26)(H,24,25). The first-order chi connectivity index (χ1) is 13.5. The molecule has 28 heavy (non-hydrogen) atoms. The van der Waals surface area contributed by atoms with Gasteiger partial charge in [0.05, 0.1) is 6.10 Å². The molecule has 6 heteroatoms. The van der Waals surface area contributed by atoms with E-state index in [1.165, 1.54) is 0 Å². The molecule has 0 saturated carbocycles. The number of aryl methyl sites for hydroxylation is 2. The van der Waals surface area contributed by atoms with Crippen LogP contribution in [0.3, 0.4) is 0 Å². The van der Waals surface area contributed by atoms with Crippen molar-refractivity contribution in [3.63, 3.8) is 0 Å². The van der Waals surface area contributed by atoms with Crippen LogP contribution in [0.2, 0.25) is 0 Å². The molecule has 0 aliphatic carbocycles. The molecule has 1 fully saturated rings. The van der Waals surface area contributed by atoms with Gasteiger partial charge in [0.2, 0.25) is 0 Å². The minimum absolute atomic E-state index is 0.0759. The smallest absolute Gasteiger partial charge is 0.262 e. The van der Waals surface area contributed by atoms with Crippen molar-refractivity contribution in [2.24, 2.45) is 0 Å². The number of carbonyl (C=O) groups is 2. The molecule has 0 bridgehead atoms. The van der Waals surface area contributed by atoms with E-state index in [0.29, 0.717) is 23.5 Å². The van der Waals surface area contributed by atoms with E-state index in [9.17, 15) is 9.59 Å². The monoisotopic (exact) mass is 382 g/mol. The van der Waals surface area contributed by atoms with Crippen LogP contribution < -0.4 is 15.4 Å². The molecule has 2 aromatic rings. The molecule has 2 amide bonds. The Kier molecular flexibility index (Phi) is 6.66. The molecule has 0 aromatic heterocycles. The third-order valence-electron chi connectivity index (χ3n) is 4.63. The zero-order valence-electron chi connectivity index (χ0n) is 16.3. The van der Waals surface area contributed by atoms with E-state index in [0.717, 1.165) is 30.6 Å². The largest absolute Gasteiger partial charge is 0.483 e. The van der Waals surface area contributed by atoms with Crippen LogP contribution in [0.15, 0.2) is 42.5 Å². The van der Waals surface area contributed by atoms with Crippen LogP contribution in [0.25, 0.3) is 0 Å². The second-order valence-corrected chi connectivity index (χ2v) is 7.03. The molecule has 1 atom stereocenters. The number of hydrogen-bond donors (Lipinski definition) is 2. The Morgan fingerprint density at radius 3 is 2.61 bits per heavy atom. The molecule has 2 aromatic carbocycles. The maximum atomic E-state index is 12.2. The van der Waals surface area contributed by atoms with E-state index < -0.39 is 0 Å². The highest BCUT2D eigenvalue weighted by Gasteiger charge is 2.16. The van der Waals surface area contributed by atoms with E-state index in [1.807, 2.05) is 32.0 Å². The van der Waals surface area contributed by atoms with Gasteiger partial charge in [-0.3, -0.25) is 9.59 Å². The lowest BCUT2D eigenvalue weighted by Gasteiger charge is -2.12. The first kappa shape index (κ1) is 19.9. The third kappa shape index (κ3) is 5.57. The summed E-state index contributed by atoms with van der Waals surface area (Å²) in [6.45, 7) is 5.17. The summed E-state index contributed by atoms with van der Waals surface area (Å²) in [6, 6.07) is 12.6. The van der Waals surface area contributed by atoms with E-state index >= 15 is 0 Å². The molecule has 1 heterocycles. The summed E-state index contributed by atoms with van der Waals surface area (Å²) in [7, 11) is 0. The molecule has 2 N–H and O–H groups in total. The van der Waals surface area contributed by atoms with Crippen LogP contribution in [-0.2, 0) is 9.53 Å². The molecule has 1 saturated heterocycles. The molecular weight excluding hydrogens is 356 g/mol. The number of amides is 2. The lowest BCUT2D eigenvalue weighted by Crippen LogP contribution is -2.31. The normalized spacial score (nSPS) is 15.9. The van der Waals surface area contributed by atoms with Gasteiger partial charge >= 0.3 is 0 Å². The Morgan fingerprint density at radius 1 is 1.14 bits per heavy atom. The number of carbonyl (C=O) groups excluding carboxylic acids is 2. The highest BCUT2D eigenvalue weighted by molar-refractivity contribution is 5.96. The highest BCUT2D eigenvalue weighted by atomic mass is 16.5. The summed E-state index contributed by atoms with van der Waals surface area (Å²) in [6.07, 6.45) is 2.14. The number of benzene rings is 2. The summed E-state index contributed by atoms with van der Waals surface area (Å²) >= 11 is 0. The molecule has 1 unspecified atom stereocenters. The quantitative estimate of drug-likeness (QED) is 0.771. The van der Waals surface area contributed by atoms with Gasteiger partial charge in [0.15, 0.2) is 6.61 Å². The van der Waals surface area contributed by atoms with Crippen molar-refractivity contribution in [1.82, 2.24) is 5.32 Å². The van der Waals surface area contributed by atoms with E-state index in [4.69, 9.17) is 9.47 Å². The average molecular weight is 382 g/mol. The van der Waals surface area contributed by atoms with Gasteiger partial charge in [-0.15, -0.1) is 0 Å². The van der Waals surface area contributed by atoms with Gasteiger partial charge in [0.1, 0.15) is 5.75 Å². The minimum Gasteiger partial charge on any atom is -0.483 e. The molecule has 3 rings (SSSR count). The number of hydrogen-bond acceptors (Lipinski definition) is 4. The van der Waals surface area contributed by atoms with Crippen LogP contribution in [-0.4, -0.2) is 37.7 Å². The van der Waals surface area contributed by atoms with Gasteiger partial charge in [-0.05, 0) is 62.6 Å². The Bertz CT molecular complexity index is 827. The van der Waals surface area contributed by atoms with Gasteiger partial charge in [-0.2, -0.15) is 0 Å². The molecule has 6 nitrogen and oxygen atoms in total. The molecular formula is C22H26N2O4. The second kappa shape index (κ2) is 9.37. The Hall–Kier alpha value is -2.86. The summed E-state index contributed by atoms with van der Waals surface area (Å²) in [5.74, 6) is 0.293. The Balaban J connectivity index is 1.46. The second-order valence-electron chi connectivity index (χ2n) is 7.03. The van der Waals surface area contributed by atoms with Crippen LogP contribution >= 0.6 is 0 Å². The molecule has 1 aliphatic heterocycles. The average Bonchev–Trinajstić information content (AvgIpc) is 3.19. The SMILES string of the molecule is Cc1ccc(OCC(=O)Nc2ccc(C(=O)NCC3CCCO3)cc2)c(C)c1. The lowest BCUT2D eigenvalue weighted by molar-refractivity contribution is -0.118. The summed E-state index contributed by atoms with van der Waals surface area (Å²) in [4.78, 5) is 24.3. The van der Waals surface area contributed by atoms with Crippen molar-refractivity contribution < 1.29 is 19.1 Å². The zero-order chi connectivity index (χ0) is 19.9. The van der Waals surface area contributed by atoms with Crippen molar-refractivity contribution in [1.29, 1.82) is 0 Å². The van der Waals surface area contributed by atoms with Gasteiger partial charge in [-0.25, -0.2) is 0 Å². The number of anilines is 1. The molecule has 148 valence electrons. The molecule has 1 aliphatic rings. The molecule has 0 radical (unpaired) electrons. The Morgan fingerprint density at radius 2 is 1.93 bits per heavy atom. The van der Waals surface area contributed by atoms with E-state index in [1.54, 1.807) is 24.3 Å². The highest BCUT2D eigenvalue weighted by Crippen LogP contribution is 2.19.